The molecule has 32 heavy (non-hydrogen) atoms. The zero-order chi connectivity index (χ0) is 22.8. The fraction of sp³-hybridized carbons (Fsp3) is 0.200. The van der Waals surface area contributed by atoms with Crippen LogP contribution < -0.4 is 25.1 Å². The summed E-state index contributed by atoms with van der Waals surface area (Å²) in [7, 11) is 0. The van der Waals surface area contributed by atoms with Gasteiger partial charge in [-0.1, -0.05) is 30.3 Å². The van der Waals surface area contributed by atoms with Crippen LogP contribution in [-0.2, 0) is 4.79 Å². The summed E-state index contributed by atoms with van der Waals surface area (Å²) in [6.45, 7) is 4.47. The van der Waals surface area contributed by atoms with Crippen LogP contribution in [0.15, 0.2) is 72.8 Å². The SMILES string of the molecule is Cc1cccc(OCC(=O)NNC(=O)c2ccc(OCCOc3ccccc3)cc2)c1C. The lowest BCUT2D eigenvalue weighted by Gasteiger charge is -2.12. The number of para-hydroxylation sites is 1. The first-order valence-electron chi connectivity index (χ1n) is 10.2. The summed E-state index contributed by atoms with van der Waals surface area (Å²) in [6.07, 6.45) is 0. The number of aryl methyl sites for hydroxylation is 1. The van der Waals surface area contributed by atoms with Crippen LogP contribution in [0, 0.1) is 13.8 Å². The molecule has 3 aromatic carbocycles. The van der Waals surface area contributed by atoms with Crippen molar-refractivity contribution in [3.8, 4) is 17.2 Å². The van der Waals surface area contributed by atoms with Crippen molar-refractivity contribution in [1.29, 1.82) is 0 Å². The van der Waals surface area contributed by atoms with Gasteiger partial charge in [-0.05, 0) is 67.4 Å². The van der Waals surface area contributed by atoms with Gasteiger partial charge in [0.25, 0.3) is 11.8 Å². The second-order valence-corrected chi connectivity index (χ2v) is 7.02. The predicted molar refractivity (Wildman–Crippen MR) is 121 cm³/mol. The molecule has 3 rings (SSSR count). The molecule has 7 heteroatoms. The Balaban J connectivity index is 1.37. The van der Waals surface area contributed by atoms with E-state index in [4.69, 9.17) is 14.2 Å². The molecule has 0 heterocycles. The average Bonchev–Trinajstić information content (AvgIpc) is 2.82. The molecule has 0 spiro atoms. The Morgan fingerprint density at radius 2 is 1.38 bits per heavy atom. The van der Waals surface area contributed by atoms with Crippen LogP contribution in [0.4, 0.5) is 0 Å². The molecule has 0 bridgehead atoms. The van der Waals surface area contributed by atoms with Gasteiger partial charge in [0.05, 0.1) is 0 Å². The molecule has 0 aliphatic carbocycles. The van der Waals surface area contributed by atoms with Crippen LogP contribution in [-0.4, -0.2) is 31.6 Å². The van der Waals surface area contributed by atoms with E-state index in [1.807, 2.05) is 56.3 Å². The van der Waals surface area contributed by atoms with E-state index < -0.39 is 11.8 Å². The monoisotopic (exact) mass is 434 g/mol. The zero-order valence-electron chi connectivity index (χ0n) is 18.1. The third kappa shape index (κ3) is 6.77. The van der Waals surface area contributed by atoms with Crippen molar-refractivity contribution in [2.45, 2.75) is 13.8 Å². The number of hydrogen-bond donors (Lipinski definition) is 2. The summed E-state index contributed by atoms with van der Waals surface area (Å²) in [5.74, 6) is 1.13. The van der Waals surface area contributed by atoms with Crippen molar-refractivity contribution >= 4 is 11.8 Å². The molecule has 2 amide bonds. The van der Waals surface area contributed by atoms with Gasteiger partial charge in [-0.3, -0.25) is 20.4 Å². The maximum absolute atomic E-state index is 12.2. The molecule has 166 valence electrons. The minimum atomic E-state index is -0.461. The fourth-order valence-electron chi connectivity index (χ4n) is 2.80. The minimum Gasteiger partial charge on any atom is -0.490 e. The van der Waals surface area contributed by atoms with Crippen LogP contribution in [0.25, 0.3) is 0 Å². The van der Waals surface area contributed by atoms with Crippen LogP contribution in [0.1, 0.15) is 21.5 Å². The van der Waals surface area contributed by atoms with Crippen molar-refractivity contribution in [3.05, 3.63) is 89.5 Å². The van der Waals surface area contributed by atoms with Gasteiger partial charge in [0.2, 0.25) is 0 Å². The highest BCUT2D eigenvalue weighted by molar-refractivity contribution is 5.95. The van der Waals surface area contributed by atoms with Gasteiger partial charge in [-0.25, -0.2) is 0 Å². The molecular weight excluding hydrogens is 408 g/mol. The van der Waals surface area contributed by atoms with E-state index in [1.54, 1.807) is 30.3 Å². The fourth-order valence-corrected chi connectivity index (χ4v) is 2.80. The number of amides is 2. The van der Waals surface area contributed by atoms with Crippen LogP contribution >= 0.6 is 0 Å². The summed E-state index contributed by atoms with van der Waals surface area (Å²) in [5.41, 5.74) is 7.15. The number of nitrogens with one attached hydrogen (secondary N) is 2. The molecule has 3 aromatic rings. The molecule has 0 aromatic heterocycles. The molecule has 0 unspecified atom stereocenters. The Labute approximate surface area is 187 Å². The Hall–Kier alpha value is -4.00. The zero-order valence-corrected chi connectivity index (χ0v) is 18.1. The Bertz CT molecular complexity index is 1040. The Morgan fingerprint density at radius 1 is 0.719 bits per heavy atom. The van der Waals surface area contributed by atoms with Gasteiger partial charge in [-0.2, -0.15) is 0 Å². The first-order valence-corrected chi connectivity index (χ1v) is 10.2. The second-order valence-electron chi connectivity index (χ2n) is 7.02. The van der Waals surface area contributed by atoms with E-state index in [-0.39, 0.29) is 6.61 Å². The third-order valence-electron chi connectivity index (χ3n) is 4.71. The topological polar surface area (TPSA) is 85.9 Å². The van der Waals surface area contributed by atoms with Crippen LogP contribution in [0.2, 0.25) is 0 Å². The molecule has 0 aliphatic heterocycles. The van der Waals surface area contributed by atoms with Crippen molar-refractivity contribution < 1.29 is 23.8 Å². The molecule has 0 aliphatic rings. The van der Waals surface area contributed by atoms with Gasteiger partial charge >= 0.3 is 0 Å². The van der Waals surface area contributed by atoms with E-state index in [0.717, 1.165) is 16.9 Å². The van der Waals surface area contributed by atoms with Crippen LogP contribution in [0.3, 0.4) is 0 Å². The summed E-state index contributed by atoms with van der Waals surface area (Å²) < 4.78 is 16.7. The van der Waals surface area contributed by atoms with Crippen LogP contribution in [0.5, 0.6) is 17.2 Å². The van der Waals surface area contributed by atoms with Gasteiger partial charge in [0.15, 0.2) is 6.61 Å². The molecular formula is C25H26N2O5. The quantitative estimate of drug-likeness (QED) is 0.397. The van der Waals surface area contributed by atoms with Gasteiger partial charge in [0.1, 0.15) is 30.5 Å². The number of carbonyl (C=O) groups is 2. The smallest absolute Gasteiger partial charge is 0.276 e. The number of ether oxygens (including phenoxy) is 3. The first-order chi connectivity index (χ1) is 15.5. The lowest BCUT2D eigenvalue weighted by molar-refractivity contribution is -0.123. The van der Waals surface area contributed by atoms with E-state index in [0.29, 0.717) is 30.3 Å². The molecule has 0 atom stereocenters. The van der Waals surface area contributed by atoms with E-state index in [9.17, 15) is 9.59 Å². The van der Waals surface area contributed by atoms with Crippen molar-refractivity contribution in [1.82, 2.24) is 10.9 Å². The summed E-state index contributed by atoms with van der Waals surface area (Å²) in [6, 6.07) is 21.7. The lowest BCUT2D eigenvalue weighted by atomic mass is 10.1. The van der Waals surface area contributed by atoms with Crippen molar-refractivity contribution in [2.24, 2.45) is 0 Å². The lowest BCUT2D eigenvalue weighted by Crippen LogP contribution is -2.43. The van der Waals surface area contributed by atoms with E-state index >= 15 is 0 Å². The first kappa shape index (κ1) is 22.7. The normalized spacial score (nSPS) is 10.2. The largest absolute Gasteiger partial charge is 0.490 e. The highest BCUT2D eigenvalue weighted by Crippen LogP contribution is 2.20. The summed E-state index contributed by atoms with van der Waals surface area (Å²) in [4.78, 5) is 24.2. The Morgan fingerprint density at radius 3 is 2.06 bits per heavy atom. The maximum atomic E-state index is 12.2. The third-order valence-corrected chi connectivity index (χ3v) is 4.71. The number of benzene rings is 3. The van der Waals surface area contributed by atoms with Crippen molar-refractivity contribution in [3.63, 3.8) is 0 Å². The van der Waals surface area contributed by atoms with E-state index in [2.05, 4.69) is 10.9 Å². The minimum absolute atomic E-state index is 0.206. The molecule has 0 radical (unpaired) electrons. The summed E-state index contributed by atoms with van der Waals surface area (Å²) in [5, 5.41) is 0. The number of hydrazine groups is 1. The number of hydrogen-bond acceptors (Lipinski definition) is 5. The van der Waals surface area contributed by atoms with Gasteiger partial charge < -0.3 is 14.2 Å². The highest BCUT2D eigenvalue weighted by Gasteiger charge is 2.09. The van der Waals surface area contributed by atoms with E-state index in [1.165, 1.54) is 0 Å². The maximum Gasteiger partial charge on any atom is 0.276 e. The highest BCUT2D eigenvalue weighted by atomic mass is 16.5. The van der Waals surface area contributed by atoms with Gasteiger partial charge in [-0.15, -0.1) is 0 Å². The molecule has 0 saturated carbocycles. The van der Waals surface area contributed by atoms with Crippen molar-refractivity contribution in [2.75, 3.05) is 19.8 Å². The number of carbonyl (C=O) groups excluding carboxylic acids is 2. The molecule has 0 fully saturated rings. The predicted octanol–water partition coefficient (Wildman–Crippen LogP) is 3.60. The molecule has 7 nitrogen and oxygen atoms in total. The molecule has 2 N–H and O–H groups in total. The standard InChI is InChI=1S/C25H26N2O5/c1-18-7-6-10-23(19(18)2)32-17-24(28)26-27-25(29)20-11-13-22(14-12-20)31-16-15-30-21-8-4-3-5-9-21/h3-14H,15-17H2,1-2H3,(H,26,28)(H,27,29). The van der Waals surface area contributed by atoms with Gasteiger partial charge in [0, 0.05) is 5.56 Å². The Kier molecular flexibility index (Phi) is 8.09. The number of rotatable bonds is 9. The average molecular weight is 434 g/mol. The second kappa shape index (κ2) is 11.4. The molecule has 0 saturated heterocycles. The summed E-state index contributed by atoms with van der Waals surface area (Å²) >= 11 is 0.